The van der Waals surface area contributed by atoms with E-state index >= 15 is 0 Å². The molecule has 3 amide bonds. The van der Waals surface area contributed by atoms with E-state index in [9.17, 15) is 14.4 Å². The lowest BCUT2D eigenvalue weighted by Crippen LogP contribution is -2.41. The monoisotopic (exact) mass is 300 g/mol. The summed E-state index contributed by atoms with van der Waals surface area (Å²) in [6, 6.07) is 3.49. The highest BCUT2D eigenvalue weighted by Crippen LogP contribution is 2.52. The van der Waals surface area contributed by atoms with E-state index in [1.165, 1.54) is 6.26 Å². The molecule has 6 heteroatoms. The molecule has 114 valence electrons. The topological polar surface area (TPSA) is 79.6 Å². The van der Waals surface area contributed by atoms with Crippen molar-refractivity contribution in [2.45, 2.75) is 13.0 Å². The van der Waals surface area contributed by atoms with E-state index in [2.05, 4.69) is 5.32 Å². The minimum atomic E-state index is -0.349. The largest absolute Gasteiger partial charge is 0.467 e. The Morgan fingerprint density at radius 3 is 2.50 bits per heavy atom. The van der Waals surface area contributed by atoms with E-state index < -0.39 is 0 Å². The summed E-state index contributed by atoms with van der Waals surface area (Å²) in [7, 11) is 0. The second-order valence-corrected chi connectivity index (χ2v) is 6.12. The molecule has 1 saturated heterocycles. The van der Waals surface area contributed by atoms with Gasteiger partial charge in [-0.15, -0.1) is 0 Å². The zero-order chi connectivity index (χ0) is 15.3. The van der Waals surface area contributed by atoms with Crippen LogP contribution >= 0.6 is 0 Å². The quantitative estimate of drug-likeness (QED) is 0.656. The summed E-state index contributed by atoms with van der Waals surface area (Å²) in [4.78, 5) is 37.9. The standard InChI is InChI=1S/C16H16N2O4/c19-12(17-7-11-2-1-5-22-11)8-18-15(20)13-9-3-4-10(6-9)14(13)16(18)21/h1-5,9-10,13-14H,6-8H2,(H,17,19)/t9-,10-,13-,14+/m0/s1. The number of rotatable bonds is 4. The van der Waals surface area contributed by atoms with Crippen molar-refractivity contribution in [3.63, 3.8) is 0 Å². The minimum Gasteiger partial charge on any atom is -0.467 e. The predicted molar refractivity (Wildman–Crippen MR) is 75.0 cm³/mol. The van der Waals surface area contributed by atoms with Crippen LogP contribution in [0.2, 0.25) is 0 Å². The van der Waals surface area contributed by atoms with Crippen LogP contribution in [-0.4, -0.2) is 29.2 Å². The molecule has 0 spiro atoms. The van der Waals surface area contributed by atoms with Crippen molar-refractivity contribution in [1.29, 1.82) is 0 Å². The summed E-state index contributed by atoms with van der Waals surface area (Å²) >= 11 is 0. The van der Waals surface area contributed by atoms with Gasteiger partial charge in [0, 0.05) is 0 Å². The molecule has 2 bridgehead atoms. The van der Waals surface area contributed by atoms with Crippen LogP contribution in [0.4, 0.5) is 0 Å². The van der Waals surface area contributed by atoms with E-state index in [1.54, 1.807) is 12.1 Å². The van der Waals surface area contributed by atoms with Gasteiger partial charge in [-0.25, -0.2) is 0 Å². The molecule has 1 N–H and O–H groups in total. The molecule has 1 aromatic rings. The Bertz CT molecular complexity index is 634. The molecule has 2 fully saturated rings. The highest BCUT2D eigenvalue weighted by molar-refractivity contribution is 6.08. The lowest BCUT2D eigenvalue weighted by Gasteiger charge is -2.16. The van der Waals surface area contributed by atoms with Crippen LogP contribution in [0.3, 0.4) is 0 Å². The molecule has 22 heavy (non-hydrogen) atoms. The maximum Gasteiger partial charge on any atom is 0.240 e. The highest BCUT2D eigenvalue weighted by Gasteiger charge is 2.59. The number of carbonyl (C=O) groups excluding carboxylic acids is 3. The smallest absolute Gasteiger partial charge is 0.240 e. The van der Waals surface area contributed by atoms with Gasteiger partial charge in [0.05, 0.1) is 24.6 Å². The Kier molecular flexibility index (Phi) is 2.92. The highest BCUT2D eigenvalue weighted by atomic mass is 16.3. The first-order valence-corrected chi connectivity index (χ1v) is 7.48. The van der Waals surface area contributed by atoms with Crippen molar-refractivity contribution in [3.05, 3.63) is 36.3 Å². The summed E-state index contributed by atoms with van der Waals surface area (Å²) in [6.07, 6.45) is 6.50. The third-order valence-electron chi connectivity index (χ3n) is 4.90. The molecule has 0 radical (unpaired) electrons. The Morgan fingerprint density at radius 1 is 1.23 bits per heavy atom. The van der Waals surface area contributed by atoms with Gasteiger partial charge in [-0.05, 0) is 30.4 Å². The van der Waals surface area contributed by atoms with Crippen LogP contribution in [0.25, 0.3) is 0 Å². The van der Waals surface area contributed by atoms with Gasteiger partial charge >= 0.3 is 0 Å². The van der Waals surface area contributed by atoms with E-state index in [1.807, 2.05) is 12.2 Å². The number of allylic oxidation sites excluding steroid dienone is 2. The Morgan fingerprint density at radius 2 is 1.91 bits per heavy atom. The third-order valence-corrected chi connectivity index (χ3v) is 4.90. The first-order valence-electron chi connectivity index (χ1n) is 7.48. The third kappa shape index (κ3) is 1.90. The lowest BCUT2D eigenvalue weighted by molar-refractivity contribution is -0.144. The second-order valence-electron chi connectivity index (χ2n) is 6.12. The van der Waals surface area contributed by atoms with Crippen LogP contribution in [0.15, 0.2) is 35.0 Å². The van der Waals surface area contributed by atoms with Crippen molar-refractivity contribution < 1.29 is 18.8 Å². The van der Waals surface area contributed by atoms with Crippen molar-refractivity contribution >= 4 is 17.7 Å². The Hall–Kier alpha value is -2.37. The van der Waals surface area contributed by atoms with E-state index in [0.717, 1.165) is 11.3 Å². The first-order chi connectivity index (χ1) is 10.6. The number of carbonyl (C=O) groups is 3. The number of imide groups is 1. The summed E-state index contributed by atoms with van der Waals surface area (Å²) in [5.74, 6) is -0.268. The number of likely N-dealkylation sites (tertiary alicyclic amines) is 1. The van der Waals surface area contributed by atoms with Gasteiger partial charge in [0.2, 0.25) is 17.7 Å². The normalized spacial score (nSPS) is 31.9. The molecule has 0 unspecified atom stereocenters. The van der Waals surface area contributed by atoms with Gasteiger partial charge in [0.25, 0.3) is 0 Å². The van der Waals surface area contributed by atoms with Crippen molar-refractivity contribution in [1.82, 2.24) is 10.2 Å². The summed E-state index contributed by atoms with van der Waals surface area (Å²) < 4.78 is 5.12. The van der Waals surface area contributed by atoms with E-state index in [4.69, 9.17) is 4.42 Å². The number of furan rings is 1. The SMILES string of the molecule is O=C(CN1C(=O)[C@@H]2[C@H](C1=O)[C@H]1C=C[C@H]2C1)NCc1ccco1. The van der Waals surface area contributed by atoms with Crippen LogP contribution in [-0.2, 0) is 20.9 Å². The van der Waals surface area contributed by atoms with Gasteiger partial charge in [0.15, 0.2) is 0 Å². The van der Waals surface area contributed by atoms with Crippen molar-refractivity contribution in [3.8, 4) is 0 Å². The minimum absolute atomic E-state index is 0.169. The van der Waals surface area contributed by atoms with Crippen LogP contribution < -0.4 is 5.32 Å². The molecule has 2 aliphatic carbocycles. The molecule has 1 aromatic heterocycles. The molecule has 4 atom stereocenters. The number of amides is 3. The van der Waals surface area contributed by atoms with Gasteiger partial charge in [-0.3, -0.25) is 19.3 Å². The number of hydrogen-bond acceptors (Lipinski definition) is 4. The molecular weight excluding hydrogens is 284 g/mol. The molecule has 3 aliphatic rings. The maximum absolute atomic E-state index is 12.4. The van der Waals surface area contributed by atoms with E-state index in [0.29, 0.717) is 5.76 Å². The summed E-state index contributed by atoms with van der Waals surface area (Å²) in [5, 5.41) is 2.66. The number of nitrogens with one attached hydrogen (secondary N) is 1. The fourth-order valence-electron chi connectivity index (χ4n) is 3.92. The lowest BCUT2D eigenvalue weighted by atomic mass is 9.85. The fraction of sp³-hybridized carbons (Fsp3) is 0.438. The molecule has 4 rings (SSSR count). The van der Waals surface area contributed by atoms with Crippen LogP contribution in [0, 0.1) is 23.7 Å². The fourth-order valence-corrected chi connectivity index (χ4v) is 3.92. The maximum atomic E-state index is 12.4. The molecule has 0 aromatic carbocycles. The number of fused-ring (bicyclic) bond motifs is 5. The predicted octanol–water partition coefficient (Wildman–Crippen LogP) is 0.703. The van der Waals surface area contributed by atoms with Gasteiger partial charge in [-0.1, -0.05) is 12.2 Å². The van der Waals surface area contributed by atoms with E-state index in [-0.39, 0.29) is 54.5 Å². The van der Waals surface area contributed by atoms with Crippen LogP contribution in [0.5, 0.6) is 0 Å². The zero-order valence-corrected chi connectivity index (χ0v) is 11.9. The van der Waals surface area contributed by atoms with Gasteiger partial charge < -0.3 is 9.73 Å². The van der Waals surface area contributed by atoms with Gasteiger partial charge in [0.1, 0.15) is 12.3 Å². The molecule has 2 heterocycles. The average Bonchev–Trinajstić information content (AvgIpc) is 3.26. The molecular formula is C16H16N2O4. The molecule has 1 aliphatic heterocycles. The second kappa shape index (κ2) is 4.83. The zero-order valence-electron chi connectivity index (χ0n) is 11.9. The summed E-state index contributed by atoms with van der Waals surface area (Å²) in [6.45, 7) is 0.0481. The Labute approximate surface area is 127 Å². The van der Waals surface area contributed by atoms with Crippen molar-refractivity contribution in [2.24, 2.45) is 23.7 Å². The number of hydrogen-bond donors (Lipinski definition) is 1. The summed E-state index contributed by atoms with van der Waals surface area (Å²) in [5.41, 5.74) is 0. The van der Waals surface area contributed by atoms with Crippen molar-refractivity contribution in [2.75, 3.05) is 6.54 Å². The molecule has 1 saturated carbocycles. The Balaban J connectivity index is 1.40. The van der Waals surface area contributed by atoms with Crippen LogP contribution in [0.1, 0.15) is 12.2 Å². The average molecular weight is 300 g/mol. The number of nitrogens with zero attached hydrogens (tertiary/aromatic N) is 1. The first kappa shape index (κ1) is 13.3. The molecule has 6 nitrogen and oxygen atoms in total. The van der Waals surface area contributed by atoms with Gasteiger partial charge in [-0.2, -0.15) is 0 Å².